The highest BCUT2D eigenvalue weighted by Gasteiger charge is 2.13. The largest absolute Gasteiger partial charge is 0.421 e. The Morgan fingerprint density at radius 3 is 2.43 bits per heavy atom. The molecule has 1 saturated carbocycles. The molecule has 1 heterocycles. The van der Waals surface area contributed by atoms with Crippen LogP contribution in [0, 0.1) is 0 Å². The van der Waals surface area contributed by atoms with Crippen molar-refractivity contribution < 1.29 is 9.21 Å². The Morgan fingerprint density at radius 2 is 1.67 bits per heavy atom. The number of aryl methyl sites for hydroxylation is 1. The van der Waals surface area contributed by atoms with Crippen LogP contribution >= 0.6 is 0 Å². The van der Waals surface area contributed by atoms with Crippen LogP contribution in [-0.2, 0) is 11.2 Å². The van der Waals surface area contributed by atoms with Crippen LogP contribution < -0.4 is 10.6 Å². The van der Waals surface area contributed by atoms with Gasteiger partial charge in [0.1, 0.15) is 0 Å². The number of benzene rings is 2. The first-order chi connectivity index (χ1) is 14.8. The van der Waals surface area contributed by atoms with E-state index in [2.05, 4.69) is 20.8 Å². The molecule has 156 valence electrons. The summed E-state index contributed by atoms with van der Waals surface area (Å²) in [6.45, 7) is 0. The van der Waals surface area contributed by atoms with E-state index in [-0.39, 0.29) is 5.91 Å². The molecule has 0 aliphatic heterocycles. The molecular weight excluding hydrogens is 376 g/mol. The average molecular weight is 405 g/mol. The lowest BCUT2D eigenvalue weighted by Gasteiger charge is -2.23. The Labute approximate surface area is 177 Å². The third kappa shape index (κ3) is 5.69. The number of hydrogen-bond donors (Lipinski definition) is 2. The number of amides is 1. The van der Waals surface area contributed by atoms with Gasteiger partial charge in [-0.3, -0.25) is 4.79 Å². The van der Waals surface area contributed by atoms with Crippen molar-refractivity contribution in [3.8, 4) is 11.5 Å². The number of hydrogen-bond acceptors (Lipinski definition) is 5. The maximum atomic E-state index is 12.2. The highest BCUT2D eigenvalue weighted by atomic mass is 16.4. The van der Waals surface area contributed by atoms with Crippen LogP contribution in [0.3, 0.4) is 0 Å². The van der Waals surface area contributed by atoms with E-state index >= 15 is 0 Å². The molecule has 2 N–H and O–H groups in total. The zero-order valence-corrected chi connectivity index (χ0v) is 17.1. The highest BCUT2D eigenvalue weighted by Crippen LogP contribution is 2.23. The van der Waals surface area contributed by atoms with Gasteiger partial charge in [-0.2, -0.15) is 0 Å². The number of nitrogens with one attached hydrogen (secondary N) is 2. The standard InChI is InChI=1S/C24H28N4O2/c29-22(12-7-13-23-27-28-24(30-23)18-8-3-1-4-9-18)26-21-16-14-20(15-17-21)25-19-10-5-2-6-11-19/h1,3-4,8-9,14-17,19,25H,2,5-7,10-13H2,(H,26,29). The molecule has 0 saturated heterocycles. The molecule has 4 rings (SSSR count). The maximum absolute atomic E-state index is 12.2. The van der Waals surface area contributed by atoms with Crippen LogP contribution in [0.4, 0.5) is 11.4 Å². The summed E-state index contributed by atoms with van der Waals surface area (Å²) >= 11 is 0. The molecule has 0 atom stereocenters. The molecule has 1 aromatic heterocycles. The first kappa shape index (κ1) is 20.1. The lowest BCUT2D eigenvalue weighted by atomic mass is 9.95. The predicted molar refractivity (Wildman–Crippen MR) is 118 cm³/mol. The zero-order valence-electron chi connectivity index (χ0n) is 17.1. The first-order valence-electron chi connectivity index (χ1n) is 10.8. The molecule has 0 bridgehead atoms. The van der Waals surface area contributed by atoms with Gasteiger partial charge in [0.05, 0.1) is 0 Å². The van der Waals surface area contributed by atoms with Crippen molar-refractivity contribution in [1.82, 2.24) is 10.2 Å². The highest BCUT2D eigenvalue weighted by molar-refractivity contribution is 5.90. The summed E-state index contributed by atoms with van der Waals surface area (Å²) in [4.78, 5) is 12.2. The Kier molecular flexibility index (Phi) is 6.75. The molecule has 0 unspecified atom stereocenters. The first-order valence-corrected chi connectivity index (χ1v) is 10.8. The van der Waals surface area contributed by atoms with E-state index in [4.69, 9.17) is 4.42 Å². The monoisotopic (exact) mass is 404 g/mol. The van der Waals surface area contributed by atoms with Gasteiger partial charge in [-0.05, 0) is 55.7 Å². The number of anilines is 2. The minimum atomic E-state index is -0.00853. The van der Waals surface area contributed by atoms with E-state index in [1.807, 2.05) is 54.6 Å². The maximum Gasteiger partial charge on any atom is 0.247 e. The van der Waals surface area contributed by atoms with Crippen molar-refractivity contribution in [3.05, 3.63) is 60.5 Å². The third-order valence-corrected chi connectivity index (χ3v) is 5.43. The quantitative estimate of drug-likeness (QED) is 0.522. The van der Waals surface area contributed by atoms with Gasteiger partial charge >= 0.3 is 0 Å². The minimum absolute atomic E-state index is 0.00853. The van der Waals surface area contributed by atoms with Crippen molar-refractivity contribution in [2.45, 2.75) is 57.4 Å². The smallest absolute Gasteiger partial charge is 0.247 e. The molecule has 6 nitrogen and oxygen atoms in total. The Bertz CT molecular complexity index is 931. The van der Waals surface area contributed by atoms with Crippen LogP contribution in [0.25, 0.3) is 11.5 Å². The van der Waals surface area contributed by atoms with Crippen LogP contribution in [0.15, 0.2) is 59.0 Å². The van der Waals surface area contributed by atoms with Gasteiger partial charge < -0.3 is 15.1 Å². The van der Waals surface area contributed by atoms with Crippen LogP contribution in [-0.4, -0.2) is 22.1 Å². The number of rotatable bonds is 8. The van der Waals surface area contributed by atoms with Crippen molar-refractivity contribution in [2.24, 2.45) is 0 Å². The fraction of sp³-hybridized carbons (Fsp3) is 0.375. The van der Waals surface area contributed by atoms with Crippen molar-refractivity contribution in [2.75, 3.05) is 10.6 Å². The van der Waals surface area contributed by atoms with Gasteiger partial charge in [0.25, 0.3) is 0 Å². The van der Waals surface area contributed by atoms with E-state index in [1.165, 1.54) is 32.1 Å². The van der Waals surface area contributed by atoms with Crippen molar-refractivity contribution in [1.29, 1.82) is 0 Å². The lowest BCUT2D eigenvalue weighted by Crippen LogP contribution is -2.22. The molecule has 6 heteroatoms. The molecule has 1 amide bonds. The van der Waals surface area contributed by atoms with E-state index in [1.54, 1.807) is 0 Å². The molecule has 1 aliphatic rings. The normalized spacial score (nSPS) is 14.4. The fourth-order valence-corrected chi connectivity index (χ4v) is 3.81. The molecule has 3 aromatic rings. The Balaban J connectivity index is 1.20. The van der Waals surface area contributed by atoms with E-state index in [0.717, 1.165) is 16.9 Å². The molecule has 2 aromatic carbocycles. The number of carbonyl (C=O) groups excluding carboxylic acids is 1. The Hall–Kier alpha value is -3.15. The summed E-state index contributed by atoms with van der Waals surface area (Å²) in [5.41, 5.74) is 2.83. The van der Waals surface area contributed by atoms with Gasteiger partial charge in [0, 0.05) is 35.8 Å². The summed E-state index contributed by atoms with van der Waals surface area (Å²) in [6, 6.07) is 18.2. The van der Waals surface area contributed by atoms with Crippen LogP contribution in [0.5, 0.6) is 0 Å². The number of aromatic nitrogens is 2. The molecule has 0 spiro atoms. The molecule has 1 fully saturated rings. The number of nitrogens with zero attached hydrogens (tertiary/aromatic N) is 2. The van der Waals surface area contributed by atoms with Gasteiger partial charge in [-0.15, -0.1) is 10.2 Å². The number of carbonyl (C=O) groups is 1. The van der Waals surface area contributed by atoms with E-state index in [9.17, 15) is 4.79 Å². The predicted octanol–water partition coefficient (Wildman–Crippen LogP) is 5.44. The average Bonchev–Trinajstić information content (AvgIpc) is 3.25. The summed E-state index contributed by atoms with van der Waals surface area (Å²) in [5.74, 6) is 1.06. The van der Waals surface area contributed by atoms with Crippen LogP contribution in [0.2, 0.25) is 0 Å². The molecular formula is C24H28N4O2. The summed E-state index contributed by atoms with van der Waals surface area (Å²) in [7, 11) is 0. The van der Waals surface area contributed by atoms with Crippen molar-refractivity contribution >= 4 is 17.3 Å². The second-order valence-corrected chi connectivity index (χ2v) is 7.83. The molecule has 30 heavy (non-hydrogen) atoms. The van der Waals surface area contributed by atoms with Crippen molar-refractivity contribution in [3.63, 3.8) is 0 Å². The van der Waals surface area contributed by atoms with Gasteiger partial charge in [0.15, 0.2) is 0 Å². The lowest BCUT2D eigenvalue weighted by molar-refractivity contribution is -0.116. The van der Waals surface area contributed by atoms with Gasteiger partial charge in [-0.1, -0.05) is 37.5 Å². The second-order valence-electron chi connectivity index (χ2n) is 7.83. The molecule has 0 radical (unpaired) electrons. The second kappa shape index (κ2) is 10.1. The summed E-state index contributed by atoms with van der Waals surface area (Å²) in [5, 5.41) is 14.7. The fourth-order valence-electron chi connectivity index (χ4n) is 3.81. The molecule has 1 aliphatic carbocycles. The van der Waals surface area contributed by atoms with Gasteiger partial charge in [-0.25, -0.2) is 0 Å². The van der Waals surface area contributed by atoms with E-state index in [0.29, 0.717) is 37.1 Å². The topological polar surface area (TPSA) is 80.0 Å². The summed E-state index contributed by atoms with van der Waals surface area (Å²) in [6.07, 6.45) is 8.10. The zero-order chi connectivity index (χ0) is 20.6. The Morgan fingerprint density at radius 1 is 0.933 bits per heavy atom. The van der Waals surface area contributed by atoms with Crippen LogP contribution in [0.1, 0.15) is 50.8 Å². The third-order valence-electron chi connectivity index (χ3n) is 5.43. The van der Waals surface area contributed by atoms with E-state index < -0.39 is 0 Å². The van der Waals surface area contributed by atoms with Gasteiger partial charge in [0.2, 0.25) is 17.7 Å². The summed E-state index contributed by atoms with van der Waals surface area (Å²) < 4.78 is 5.68. The minimum Gasteiger partial charge on any atom is -0.421 e. The SMILES string of the molecule is O=C(CCCc1nnc(-c2ccccc2)o1)Nc1ccc(NC2CCCCC2)cc1.